The van der Waals surface area contributed by atoms with Crippen molar-refractivity contribution >= 4 is 18.3 Å². The van der Waals surface area contributed by atoms with Crippen molar-refractivity contribution in [2.75, 3.05) is 34.4 Å². The predicted octanol–water partition coefficient (Wildman–Crippen LogP) is 3.12. The molecule has 2 heterocycles. The molecule has 4 unspecified atom stereocenters. The van der Waals surface area contributed by atoms with Crippen LogP contribution in [0.3, 0.4) is 0 Å². The number of fused-ring (bicyclic) bond motifs is 2. The summed E-state index contributed by atoms with van der Waals surface area (Å²) in [4.78, 5) is 34.1. The minimum Gasteiger partial charge on any atom is -0.493 e. The van der Waals surface area contributed by atoms with Gasteiger partial charge in [-0.15, -0.1) is 0 Å². The molecule has 0 saturated carbocycles. The first-order valence-corrected chi connectivity index (χ1v) is 13.5. The Balaban J connectivity index is 0.000000255. The van der Waals surface area contributed by atoms with E-state index in [2.05, 4.69) is 60.1 Å². The number of carboxylic acids is 1. The molecule has 1 aromatic rings. The lowest BCUT2D eigenvalue weighted by molar-refractivity contribution is -0.143. The molecule has 1 aliphatic carbocycles. The number of likely N-dealkylation sites (tertiary alicyclic amines) is 1. The van der Waals surface area contributed by atoms with Gasteiger partial charge in [0, 0.05) is 31.0 Å². The van der Waals surface area contributed by atoms with Gasteiger partial charge < -0.3 is 34.3 Å². The van der Waals surface area contributed by atoms with Crippen molar-refractivity contribution in [1.82, 2.24) is 10.2 Å². The minimum atomic E-state index is -1.07. The summed E-state index contributed by atoms with van der Waals surface area (Å²) in [5.74, 6) is 1.13. The molecular formula is C30H42N2O8. The largest absolute Gasteiger partial charge is 0.493 e. The van der Waals surface area contributed by atoms with Gasteiger partial charge in [0.15, 0.2) is 11.5 Å². The van der Waals surface area contributed by atoms with Crippen LogP contribution in [0.15, 0.2) is 36.1 Å². The van der Waals surface area contributed by atoms with E-state index < -0.39 is 17.9 Å². The number of ether oxygens (including phenoxy) is 4. The van der Waals surface area contributed by atoms with Gasteiger partial charge in [0.05, 0.1) is 20.1 Å². The summed E-state index contributed by atoms with van der Waals surface area (Å²) < 4.78 is 22.0. The van der Waals surface area contributed by atoms with Crippen LogP contribution in [0.25, 0.3) is 0 Å². The van der Waals surface area contributed by atoms with E-state index in [0.29, 0.717) is 12.0 Å². The lowest BCUT2D eigenvalue weighted by atomic mass is 9.76. The molecule has 1 saturated heterocycles. The minimum absolute atomic E-state index is 0.0325. The Hall–Kier alpha value is -3.37. The number of rotatable bonds is 9. The van der Waals surface area contributed by atoms with E-state index in [9.17, 15) is 14.4 Å². The van der Waals surface area contributed by atoms with Crippen LogP contribution in [0.4, 0.5) is 0 Å². The van der Waals surface area contributed by atoms with E-state index in [0.717, 1.165) is 35.8 Å². The average Bonchev–Trinajstić information content (AvgIpc) is 3.06. The fraction of sp³-hybridized carbons (Fsp3) is 0.567. The molecule has 10 nitrogen and oxygen atoms in total. The van der Waals surface area contributed by atoms with Gasteiger partial charge in [-0.1, -0.05) is 39.0 Å². The number of likely N-dealkylation sites (N-methyl/N-ethyl adjacent to an activating group) is 1. The number of hydrogen-bond donors (Lipinski definition) is 2. The Morgan fingerprint density at radius 2 is 2.02 bits per heavy atom. The van der Waals surface area contributed by atoms with E-state index in [1.165, 1.54) is 5.56 Å². The number of methoxy groups -OCH3 is 2. The zero-order valence-electron chi connectivity index (χ0n) is 24.4. The fourth-order valence-corrected chi connectivity index (χ4v) is 5.70. The predicted molar refractivity (Wildman–Crippen MR) is 149 cm³/mol. The second-order valence-corrected chi connectivity index (χ2v) is 11.1. The SMILES string of the molecule is CC(C)C(NC(=O)CCOC=O)C(=O)O.COc1ccc2c(C)c1OC1=CC3[C@@H](C2)N(C)CC3(C)C=CC1OC. The zero-order chi connectivity index (χ0) is 29.6. The van der Waals surface area contributed by atoms with Crippen molar-refractivity contribution < 1.29 is 38.4 Å². The molecule has 1 amide bonds. The zero-order valence-corrected chi connectivity index (χ0v) is 24.4. The first-order valence-electron chi connectivity index (χ1n) is 13.5. The monoisotopic (exact) mass is 558 g/mol. The first-order chi connectivity index (χ1) is 18.9. The molecule has 5 atom stereocenters. The molecule has 2 aliphatic heterocycles. The van der Waals surface area contributed by atoms with Gasteiger partial charge >= 0.3 is 5.97 Å². The molecule has 0 radical (unpaired) electrons. The number of aliphatic carboxylic acids is 1. The Labute approximate surface area is 236 Å². The van der Waals surface area contributed by atoms with Gasteiger partial charge in [-0.2, -0.15) is 0 Å². The molecule has 2 N–H and O–H groups in total. The van der Waals surface area contributed by atoms with Crippen molar-refractivity contribution in [3.05, 3.63) is 47.2 Å². The molecule has 4 rings (SSSR count). The smallest absolute Gasteiger partial charge is 0.326 e. The average molecular weight is 559 g/mol. The maximum absolute atomic E-state index is 11.2. The van der Waals surface area contributed by atoms with Gasteiger partial charge in [0.25, 0.3) is 6.47 Å². The molecule has 3 aliphatic rings. The van der Waals surface area contributed by atoms with E-state index in [-0.39, 0.29) is 36.9 Å². The van der Waals surface area contributed by atoms with Crippen LogP contribution in [0, 0.1) is 24.2 Å². The summed E-state index contributed by atoms with van der Waals surface area (Å²) in [5.41, 5.74) is 2.58. The number of nitrogens with one attached hydrogen (secondary N) is 1. The Bertz CT molecular complexity index is 1150. The number of nitrogens with zero attached hydrogens (tertiary/aromatic N) is 1. The molecule has 220 valence electrons. The standard InChI is InChI=1S/C21H27NO3.C9H15NO5/c1-13-14-6-7-18(24-5)20(13)25-19-11-15-16(10-14)22(3)12-21(15,2)9-8-17(19)23-4;1-6(2)8(9(13)14)10-7(12)3-4-15-5-11/h6-9,11,15-17H,10,12H2,1-5H3;5-6,8H,3-4H2,1-2H3,(H,10,12)(H,13,14)/t15?,16-,17?,21?;/m1./s1. The van der Waals surface area contributed by atoms with Crippen molar-refractivity contribution in [2.24, 2.45) is 17.3 Å². The fourth-order valence-electron chi connectivity index (χ4n) is 5.70. The van der Waals surface area contributed by atoms with E-state index in [1.54, 1.807) is 28.1 Å². The third-order valence-corrected chi connectivity index (χ3v) is 7.98. The van der Waals surface area contributed by atoms with Crippen LogP contribution in [0.2, 0.25) is 0 Å². The topological polar surface area (TPSA) is 124 Å². The first kappa shape index (κ1) is 31.2. The highest BCUT2D eigenvalue weighted by Crippen LogP contribution is 2.48. The number of carboxylic acid groups (broad SMARTS) is 1. The quantitative estimate of drug-likeness (QED) is 0.267. The second-order valence-electron chi connectivity index (χ2n) is 11.1. The highest BCUT2D eigenvalue weighted by molar-refractivity contribution is 5.83. The van der Waals surface area contributed by atoms with E-state index in [1.807, 2.05) is 6.07 Å². The number of hydrogen-bond acceptors (Lipinski definition) is 8. The van der Waals surface area contributed by atoms with E-state index in [4.69, 9.17) is 19.3 Å². The van der Waals surface area contributed by atoms with Gasteiger partial charge in [0.2, 0.25) is 5.91 Å². The summed E-state index contributed by atoms with van der Waals surface area (Å²) in [6.07, 6.45) is 7.59. The third-order valence-electron chi connectivity index (χ3n) is 7.98. The molecular weight excluding hydrogens is 516 g/mol. The summed E-state index contributed by atoms with van der Waals surface area (Å²) in [7, 11) is 5.66. The molecule has 1 fully saturated rings. The van der Waals surface area contributed by atoms with Crippen LogP contribution < -0.4 is 14.8 Å². The Morgan fingerprint density at radius 1 is 1.30 bits per heavy atom. The lowest BCUT2D eigenvalue weighted by Crippen LogP contribution is -2.44. The third kappa shape index (κ3) is 6.85. The normalized spacial score (nSPS) is 25.5. The lowest BCUT2D eigenvalue weighted by Gasteiger charge is -2.27. The van der Waals surface area contributed by atoms with Crippen molar-refractivity contribution in [2.45, 2.75) is 58.7 Å². The van der Waals surface area contributed by atoms with Crippen LogP contribution in [-0.2, 0) is 30.3 Å². The number of carbonyl (C=O) groups excluding carboxylic acids is 2. The molecule has 10 heteroatoms. The van der Waals surface area contributed by atoms with Crippen LogP contribution in [-0.4, -0.2) is 81.0 Å². The molecule has 4 bridgehead atoms. The summed E-state index contributed by atoms with van der Waals surface area (Å²) >= 11 is 0. The number of benzene rings is 1. The summed E-state index contributed by atoms with van der Waals surface area (Å²) in [6, 6.07) is 3.74. The van der Waals surface area contributed by atoms with Gasteiger partial charge in [-0.25, -0.2) is 4.79 Å². The van der Waals surface area contributed by atoms with E-state index >= 15 is 0 Å². The Morgan fingerprint density at radius 3 is 2.62 bits per heavy atom. The Kier molecular flexibility index (Phi) is 10.4. The highest BCUT2D eigenvalue weighted by atomic mass is 16.5. The number of amides is 1. The second kappa shape index (κ2) is 13.3. The van der Waals surface area contributed by atoms with Gasteiger partial charge in [0.1, 0.15) is 17.9 Å². The van der Waals surface area contributed by atoms with Gasteiger partial charge in [-0.3, -0.25) is 9.59 Å². The van der Waals surface area contributed by atoms with Gasteiger partial charge in [-0.05, 0) is 49.6 Å². The summed E-state index contributed by atoms with van der Waals surface area (Å²) in [6.45, 7) is 9.10. The van der Waals surface area contributed by atoms with Crippen molar-refractivity contribution in [1.29, 1.82) is 0 Å². The molecule has 40 heavy (non-hydrogen) atoms. The van der Waals surface area contributed by atoms with Crippen molar-refractivity contribution in [3.8, 4) is 11.5 Å². The van der Waals surface area contributed by atoms with Crippen LogP contribution >= 0.6 is 0 Å². The summed E-state index contributed by atoms with van der Waals surface area (Å²) in [5, 5.41) is 11.1. The highest BCUT2D eigenvalue weighted by Gasteiger charge is 2.48. The molecule has 0 aromatic heterocycles. The molecule has 1 aromatic carbocycles. The maximum Gasteiger partial charge on any atom is 0.326 e. The van der Waals surface area contributed by atoms with Crippen molar-refractivity contribution in [3.63, 3.8) is 0 Å². The van der Waals surface area contributed by atoms with Crippen LogP contribution in [0.5, 0.6) is 11.5 Å². The molecule has 0 spiro atoms. The maximum atomic E-state index is 11.2. The number of carbonyl (C=O) groups is 3. The van der Waals surface area contributed by atoms with Crippen LogP contribution in [0.1, 0.15) is 38.3 Å².